The number of aldehydes is 1. The van der Waals surface area contributed by atoms with Crippen molar-refractivity contribution in [3.05, 3.63) is 33.6 Å². The van der Waals surface area contributed by atoms with Gasteiger partial charge in [-0.1, -0.05) is 13.8 Å². The molecule has 100 valence electrons. The predicted molar refractivity (Wildman–Crippen MR) is 78.3 cm³/mol. The summed E-state index contributed by atoms with van der Waals surface area (Å²) in [6.45, 7) is 6.25. The van der Waals surface area contributed by atoms with Gasteiger partial charge in [0.2, 0.25) is 0 Å². The largest absolute Gasteiger partial charge is 0.496 e. The Morgan fingerprint density at radius 3 is 2.63 bits per heavy atom. The second-order valence-corrected chi connectivity index (χ2v) is 5.92. The van der Waals surface area contributed by atoms with E-state index in [9.17, 15) is 4.79 Å². The van der Waals surface area contributed by atoms with Crippen molar-refractivity contribution < 1.29 is 9.53 Å². The first kappa shape index (κ1) is 13.7. The van der Waals surface area contributed by atoms with Gasteiger partial charge in [0.05, 0.1) is 12.8 Å². The number of methoxy groups -OCH3 is 1. The normalized spacial score (nSPS) is 10.8. The fourth-order valence-corrected chi connectivity index (χ4v) is 2.83. The average molecular weight is 275 g/mol. The van der Waals surface area contributed by atoms with Gasteiger partial charge in [-0.15, -0.1) is 11.3 Å². The molecule has 0 saturated carbocycles. The third-order valence-corrected chi connectivity index (χ3v) is 3.94. The van der Waals surface area contributed by atoms with Gasteiger partial charge < -0.3 is 4.74 Å². The Kier molecular flexibility index (Phi) is 4.00. The summed E-state index contributed by atoms with van der Waals surface area (Å²) in [5, 5.41) is 0.523. The van der Waals surface area contributed by atoms with Crippen molar-refractivity contribution in [3.8, 4) is 17.0 Å². The molecule has 0 bridgehead atoms. The van der Waals surface area contributed by atoms with Gasteiger partial charge in [0.1, 0.15) is 5.75 Å². The summed E-state index contributed by atoms with van der Waals surface area (Å²) in [7, 11) is 1.68. The van der Waals surface area contributed by atoms with Crippen molar-refractivity contribution in [1.82, 2.24) is 4.98 Å². The molecule has 0 atom stereocenters. The monoisotopic (exact) mass is 275 g/mol. The van der Waals surface area contributed by atoms with E-state index in [-0.39, 0.29) is 0 Å². The number of benzene rings is 1. The van der Waals surface area contributed by atoms with E-state index >= 15 is 0 Å². The summed E-state index contributed by atoms with van der Waals surface area (Å²) in [5.74, 6) is 1.27. The van der Waals surface area contributed by atoms with Crippen LogP contribution in [0.3, 0.4) is 0 Å². The molecule has 0 aliphatic rings. The van der Waals surface area contributed by atoms with Crippen molar-refractivity contribution in [2.45, 2.75) is 26.7 Å². The van der Waals surface area contributed by atoms with E-state index in [1.165, 1.54) is 11.3 Å². The van der Waals surface area contributed by atoms with Gasteiger partial charge in [0, 0.05) is 10.4 Å². The van der Waals surface area contributed by atoms with Gasteiger partial charge in [0.15, 0.2) is 11.3 Å². The Morgan fingerprint density at radius 1 is 1.37 bits per heavy atom. The number of hydrogen-bond donors (Lipinski definition) is 0. The Bertz CT molecular complexity index is 602. The maximum absolute atomic E-state index is 10.8. The standard InChI is InChI=1S/C15H17NO2S/c1-9(2)12-7-11(5-6-13(12)18-4)15-10(3)19-14(8-17)16-15/h5-9H,1-4H3. The first-order valence-corrected chi connectivity index (χ1v) is 6.99. The van der Waals surface area contributed by atoms with E-state index in [1.807, 2.05) is 19.1 Å². The van der Waals surface area contributed by atoms with E-state index in [0.29, 0.717) is 10.9 Å². The van der Waals surface area contributed by atoms with Crippen molar-refractivity contribution in [1.29, 1.82) is 0 Å². The molecular formula is C15H17NO2S. The van der Waals surface area contributed by atoms with Crippen LogP contribution in [0.4, 0.5) is 0 Å². The summed E-state index contributed by atoms with van der Waals surface area (Å²) in [5.41, 5.74) is 3.07. The van der Waals surface area contributed by atoms with Crippen LogP contribution in [0.5, 0.6) is 5.75 Å². The van der Waals surface area contributed by atoms with Crippen molar-refractivity contribution in [2.75, 3.05) is 7.11 Å². The number of carbonyl (C=O) groups excluding carboxylic acids is 1. The fraction of sp³-hybridized carbons (Fsp3) is 0.333. The second kappa shape index (κ2) is 5.53. The molecule has 0 amide bonds. The van der Waals surface area contributed by atoms with Gasteiger partial charge in [-0.05, 0) is 36.6 Å². The topological polar surface area (TPSA) is 39.2 Å². The molecule has 1 aromatic carbocycles. The zero-order valence-corrected chi connectivity index (χ0v) is 12.4. The molecule has 0 spiro atoms. The molecule has 0 radical (unpaired) electrons. The van der Waals surface area contributed by atoms with Crippen molar-refractivity contribution >= 4 is 17.6 Å². The van der Waals surface area contributed by atoms with Gasteiger partial charge in [-0.3, -0.25) is 4.79 Å². The van der Waals surface area contributed by atoms with Crippen LogP contribution in [-0.4, -0.2) is 18.4 Å². The molecule has 2 aromatic rings. The highest BCUT2D eigenvalue weighted by molar-refractivity contribution is 7.13. The maximum atomic E-state index is 10.8. The third-order valence-electron chi connectivity index (χ3n) is 3.04. The fourth-order valence-electron chi connectivity index (χ4n) is 2.07. The van der Waals surface area contributed by atoms with E-state index in [0.717, 1.165) is 33.7 Å². The van der Waals surface area contributed by atoms with Crippen LogP contribution in [0.25, 0.3) is 11.3 Å². The lowest BCUT2D eigenvalue weighted by Gasteiger charge is -2.13. The van der Waals surface area contributed by atoms with Crippen LogP contribution >= 0.6 is 11.3 Å². The van der Waals surface area contributed by atoms with Crippen LogP contribution < -0.4 is 4.74 Å². The molecule has 4 heteroatoms. The minimum absolute atomic E-state index is 0.374. The zero-order valence-electron chi connectivity index (χ0n) is 11.6. The number of carbonyl (C=O) groups is 1. The van der Waals surface area contributed by atoms with Crippen molar-refractivity contribution in [2.24, 2.45) is 0 Å². The number of rotatable bonds is 4. The molecule has 1 aromatic heterocycles. The lowest BCUT2D eigenvalue weighted by atomic mass is 9.98. The highest BCUT2D eigenvalue weighted by Gasteiger charge is 2.13. The predicted octanol–water partition coefficient (Wildman–Crippen LogP) is 4.06. The summed E-state index contributed by atoms with van der Waals surface area (Å²) < 4.78 is 5.38. The molecular weight excluding hydrogens is 258 g/mol. The summed E-state index contributed by atoms with van der Waals surface area (Å²) in [6, 6.07) is 6.05. The minimum atomic E-state index is 0.374. The zero-order chi connectivity index (χ0) is 14.0. The summed E-state index contributed by atoms with van der Waals surface area (Å²) in [6.07, 6.45) is 0.800. The van der Waals surface area contributed by atoms with E-state index in [2.05, 4.69) is 24.9 Å². The Morgan fingerprint density at radius 2 is 2.11 bits per heavy atom. The average Bonchev–Trinajstić information content (AvgIpc) is 2.79. The molecule has 0 aliphatic heterocycles. The number of aromatic nitrogens is 1. The highest BCUT2D eigenvalue weighted by Crippen LogP contribution is 2.33. The molecule has 2 rings (SSSR count). The van der Waals surface area contributed by atoms with Gasteiger partial charge >= 0.3 is 0 Å². The molecule has 19 heavy (non-hydrogen) atoms. The first-order valence-electron chi connectivity index (χ1n) is 6.17. The number of thiazole rings is 1. The summed E-state index contributed by atoms with van der Waals surface area (Å²) >= 11 is 1.42. The molecule has 0 fully saturated rings. The molecule has 0 saturated heterocycles. The number of aryl methyl sites for hydroxylation is 1. The lowest BCUT2D eigenvalue weighted by molar-refractivity contribution is 0.112. The molecule has 0 aliphatic carbocycles. The quantitative estimate of drug-likeness (QED) is 0.790. The molecule has 0 N–H and O–H groups in total. The van der Waals surface area contributed by atoms with Gasteiger partial charge in [0.25, 0.3) is 0 Å². The van der Waals surface area contributed by atoms with Crippen LogP contribution in [-0.2, 0) is 0 Å². The van der Waals surface area contributed by atoms with E-state index in [1.54, 1.807) is 7.11 Å². The number of nitrogens with zero attached hydrogens (tertiary/aromatic N) is 1. The lowest BCUT2D eigenvalue weighted by Crippen LogP contribution is -1.95. The van der Waals surface area contributed by atoms with E-state index < -0.39 is 0 Å². The van der Waals surface area contributed by atoms with Gasteiger partial charge in [-0.2, -0.15) is 0 Å². The smallest absolute Gasteiger partial charge is 0.178 e. The second-order valence-electron chi connectivity index (χ2n) is 4.69. The first-order chi connectivity index (χ1) is 9.06. The minimum Gasteiger partial charge on any atom is -0.496 e. The third kappa shape index (κ3) is 2.68. The van der Waals surface area contributed by atoms with Crippen LogP contribution in [0, 0.1) is 6.92 Å². The summed E-state index contributed by atoms with van der Waals surface area (Å²) in [4.78, 5) is 16.2. The van der Waals surface area contributed by atoms with E-state index in [4.69, 9.17) is 4.74 Å². The number of ether oxygens (including phenoxy) is 1. The Labute approximate surface area is 117 Å². The van der Waals surface area contributed by atoms with Gasteiger partial charge in [-0.25, -0.2) is 4.98 Å². The van der Waals surface area contributed by atoms with Crippen molar-refractivity contribution in [3.63, 3.8) is 0 Å². The number of hydrogen-bond acceptors (Lipinski definition) is 4. The Hall–Kier alpha value is -1.68. The van der Waals surface area contributed by atoms with Crippen LogP contribution in [0.15, 0.2) is 18.2 Å². The molecule has 0 unspecified atom stereocenters. The SMILES string of the molecule is COc1ccc(-c2nc(C=O)sc2C)cc1C(C)C. The van der Waals surface area contributed by atoms with Crippen LogP contribution in [0.1, 0.15) is 40.0 Å². The van der Waals surface area contributed by atoms with Crippen LogP contribution in [0.2, 0.25) is 0 Å². The highest BCUT2D eigenvalue weighted by atomic mass is 32.1. The Balaban J connectivity index is 2.53. The maximum Gasteiger partial charge on any atom is 0.178 e. The molecule has 1 heterocycles. The molecule has 3 nitrogen and oxygen atoms in total.